The van der Waals surface area contributed by atoms with Crippen molar-refractivity contribution in [3.63, 3.8) is 0 Å². The van der Waals surface area contributed by atoms with Gasteiger partial charge in [-0.1, -0.05) is 12.1 Å². The van der Waals surface area contributed by atoms with Gasteiger partial charge < -0.3 is 20.1 Å². The van der Waals surface area contributed by atoms with Crippen LogP contribution < -0.4 is 20.1 Å². The van der Waals surface area contributed by atoms with Crippen molar-refractivity contribution < 1.29 is 19.1 Å². The molecule has 0 bridgehead atoms. The van der Waals surface area contributed by atoms with Gasteiger partial charge in [0, 0.05) is 24.7 Å². The van der Waals surface area contributed by atoms with E-state index in [1.807, 2.05) is 12.1 Å². The van der Waals surface area contributed by atoms with Crippen molar-refractivity contribution >= 4 is 11.8 Å². The number of nitrogens with one attached hydrogen (secondary N) is 2. The zero-order chi connectivity index (χ0) is 16.2. The zero-order valence-electron chi connectivity index (χ0n) is 12.6. The van der Waals surface area contributed by atoms with Crippen molar-refractivity contribution in [3.8, 4) is 11.5 Å². The Morgan fingerprint density at radius 2 is 1.65 bits per heavy atom. The first kappa shape index (κ1) is 14.9. The number of hydrogen-bond donors (Lipinski definition) is 2. The maximum Gasteiger partial charge on any atom is 0.251 e. The number of hydrogen-bond acceptors (Lipinski definition) is 4. The Bertz CT molecular complexity index is 741. The summed E-state index contributed by atoms with van der Waals surface area (Å²) < 4.78 is 10.5. The average Bonchev–Trinajstić information content (AvgIpc) is 3.07. The molecular weight excluding hydrogens is 296 g/mol. The van der Waals surface area contributed by atoms with Crippen LogP contribution in [-0.2, 0) is 6.54 Å². The molecule has 2 amide bonds. The Labute approximate surface area is 133 Å². The van der Waals surface area contributed by atoms with E-state index in [4.69, 9.17) is 9.47 Å². The molecule has 0 atom stereocenters. The van der Waals surface area contributed by atoms with Gasteiger partial charge in [0.2, 0.25) is 6.79 Å². The fourth-order valence-electron chi connectivity index (χ4n) is 2.24. The number of ether oxygens (including phenoxy) is 2. The van der Waals surface area contributed by atoms with E-state index in [1.54, 1.807) is 37.4 Å². The normalized spacial score (nSPS) is 11.9. The largest absolute Gasteiger partial charge is 0.454 e. The summed E-state index contributed by atoms with van der Waals surface area (Å²) in [5.41, 5.74) is 2.00. The predicted molar refractivity (Wildman–Crippen MR) is 83.6 cm³/mol. The summed E-state index contributed by atoms with van der Waals surface area (Å²) in [7, 11) is 1.59. The molecule has 1 aliphatic rings. The SMILES string of the molecule is CNC(=O)c1ccc(CNC(=O)c2ccc3c(c2)OCO3)cc1. The molecule has 3 rings (SSSR count). The van der Waals surface area contributed by atoms with E-state index in [0.717, 1.165) is 5.56 Å². The van der Waals surface area contributed by atoms with Crippen LogP contribution in [0.15, 0.2) is 42.5 Å². The Kier molecular flexibility index (Phi) is 4.14. The Morgan fingerprint density at radius 1 is 0.957 bits per heavy atom. The van der Waals surface area contributed by atoms with E-state index >= 15 is 0 Å². The number of rotatable bonds is 4. The highest BCUT2D eigenvalue weighted by Gasteiger charge is 2.16. The van der Waals surface area contributed by atoms with Gasteiger partial charge in [0.1, 0.15) is 0 Å². The molecule has 0 radical (unpaired) electrons. The van der Waals surface area contributed by atoms with Crippen LogP contribution in [0.1, 0.15) is 26.3 Å². The Morgan fingerprint density at radius 3 is 2.39 bits per heavy atom. The third-order valence-corrected chi connectivity index (χ3v) is 3.53. The number of fused-ring (bicyclic) bond motifs is 1. The topological polar surface area (TPSA) is 76.7 Å². The van der Waals surface area contributed by atoms with Crippen molar-refractivity contribution in [2.24, 2.45) is 0 Å². The highest BCUT2D eigenvalue weighted by atomic mass is 16.7. The summed E-state index contributed by atoms with van der Waals surface area (Å²) in [4.78, 5) is 23.6. The summed E-state index contributed by atoms with van der Waals surface area (Å²) in [6, 6.07) is 12.1. The standard InChI is InChI=1S/C17H16N2O4/c1-18-16(20)12-4-2-11(3-5-12)9-19-17(21)13-6-7-14-15(8-13)23-10-22-14/h2-8H,9-10H2,1H3,(H,18,20)(H,19,21). The van der Waals surface area contributed by atoms with Crippen LogP contribution in [0.2, 0.25) is 0 Å². The maximum atomic E-state index is 12.2. The second kappa shape index (κ2) is 6.39. The summed E-state index contributed by atoms with van der Waals surface area (Å²) in [6.45, 7) is 0.555. The number of carbonyl (C=O) groups excluding carboxylic acids is 2. The van der Waals surface area contributed by atoms with Crippen molar-refractivity contribution in [2.75, 3.05) is 13.8 Å². The second-order valence-corrected chi connectivity index (χ2v) is 5.03. The van der Waals surface area contributed by atoms with Crippen molar-refractivity contribution in [1.82, 2.24) is 10.6 Å². The molecule has 2 aromatic carbocycles. The van der Waals surface area contributed by atoms with Crippen LogP contribution >= 0.6 is 0 Å². The third kappa shape index (κ3) is 3.26. The van der Waals surface area contributed by atoms with E-state index in [-0.39, 0.29) is 18.6 Å². The average molecular weight is 312 g/mol. The van der Waals surface area contributed by atoms with Gasteiger partial charge in [-0.2, -0.15) is 0 Å². The fourth-order valence-corrected chi connectivity index (χ4v) is 2.24. The van der Waals surface area contributed by atoms with Gasteiger partial charge in [-0.25, -0.2) is 0 Å². The highest BCUT2D eigenvalue weighted by Crippen LogP contribution is 2.32. The molecular formula is C17H16N2O4. The lowest BCUT2D eigenvalue weighted by molar-refractivity contribution is 0.0945. The van der Waals surface area contributed by atoms with Gasteiger partial charge in [0.25, 0.3) is 11.8 Å². The molecule has 0 aromatic heterocycles. The minimum Gasteiger partial charge on any atom is -0.454 e. The van der Waals surface area contributed by atoms with Crippen molar-refractivity contribution in [3.05, 3.63) is 59.2 Å². The number of amides is 2. The monoisotopic (exact) mass is 312 g/mol. The fraction of sp³-hybridized carbons (Fsp3) is 0.176. The smallest absolute Gasteiger partial charge is 0.251 e. The highest BCUT2D eigenvalue weighted by molar-refractivity contribution is 5.95. The first-order chi connectivity index (χ1) is 11.2. The molecule has 1 heterocycles. The molecule has 0 unspecified atom stereocenters. The van der Waals surface area contributed by atoms with Gasteiger partial charge in [-0.15, -0.1) is 0 Å². The first-order valence-corrected chi connectivity index (χ1v) is 7.16. The third-order valence-electron chi connectivity index (χ3n) is 3.53. The summed E-state index contributed by atoms with van der Waals surface area (Å²) >= 11 is 0. The molecule has 2 aromatic rings. The minimum absolute atomic E-state index is 0.138. The van der Waals surface area contributed by atoms with E-state index < -0.39 is 0 Å². The van der Waals surface area contributed by atoms with Crippen LogP contribution in [-0.4, -0.2) is 25.7 Å². The molecule has 0 fully saturated rings. The molecule has 1 aliphatic heterocycles. The van der Waals surface area contributed by atoms with Crippen LogP contribution in [0.3, 0.4) is 0 Å². The number of carbonyl (C=O) groups is 2. The summed E-state index contributed by atoms with van der Waals surface area (Å²) in [5, 5.41) is 5.40. The molecule has 23 heavy (non-hydrogen) atoms. The van der Waals surface area contributed by atoms with Crippen molar-refractivity contribution in [1.29, 1.82) is 0 Å². The van der Waals surface area contributed by atoms with Gasteiger partial charge in [-0.3, -0.25) is 9.59 Å². The van der Waals surface area contributed by atoms with E-state index in [1.165, 1.54) is 0 Å². The molecule has 0 spiro atoms. The quantitative estimate of drug-likeness (QED) is 0.901. The number of benzene rings is 2. The van der Waals surface area contributed by atoms with Gasteiger partial charge in [0.15, 0.2) is 11.5 Å². The minimum atomic E-state index is -0.196. The van der Waals surface area contributed by atoms with E-state index in [0.29, 0.717) is 29.2 Å². The van der Waals surface area contributed by atoms with E-state index in [9.17, 15) is 9.59 Å². The van der Waals surface area contributed by atoms with Crippen LogP contribution in [0.4, 0.5) is 0 Å². The van der Waals surface area contributed by atoms with Crippen LogP contribution in [0.25, 0.3) is 0 Å². The molecule has 6 nitrogen and oxygen atoms in total. The second-order valence-electron chi connectivity index (χ2n) is 5.03. The predicted octanol–water partition coefficient (Wildman–Crippen LogP) is 1.70. The maximum absolute atomic E-state index is 12.2. The summed E-state index contributed by atoms with van der Waals surface area (Å²) in [6.07, 6.45) is 0. The van der Waals surface area contributed by atoms with E-state index in [2.05, 4.69) is 10.6 Å². The van der Waals surface area contributed by atoms with Crippen molar-refractivity contribution in [2.45, 2.75) is 6.54 Å². The van der Waals surface area contributed by atoms with Gasteiger partial charge in [-0.05, 0) is 35.9 Å². The van der Waals surface area contributed by atoms with Gasteiger partial charge >= 0.3 is 0 Å². The first-order valence-electron chi connectivity index (χ1n) is 7.16. The molecule has 6 heteroatoms. The lowest BCUT2D eigenvalue weighted by Gasteiger charge is -2.07. The van der Waals surface area contributed by atoms with Crippen LogP contribution in [0.5, 0.6) is 11.5 Å². The zero-order valence-corrected chi connectivity index (χ0v) is 12.6. The molecule has 0 saturated carbocycles. The lowest BCUT2D eigenvalue weighted by atomic mass is 10.1. The van der Waals surface area contributed by atoms with Gasteiger partial charge in [0.05, 0.1) is 0 Å². The summed E-state index contributed by atoms with van der Waals surface area (Å²) in [5.74, 6) is 0.888. The Hall–Kier alpha value is -3.02. The lowest BCUT2D eigenvalue weighted by Crippen LogP contribution is -2.23. The Balaban J connectivity index is 1.61. The molecule has 2 N–H and O–H groups in total. The van der Waals surface area contributed by atoms with Crippen LogP contribution in [0, 0.1) is 0 Å². The molecule has 0 aliphatic carbocycles. The molecule has 118 valence electrons. The molecule has 0 saturated heterocycles.